The summed E-state index contributed by atoms with van der Waals surface area (Å²) in [6.07, 6.45) is -0.0358. The summed E-state index contributed by atoms with van der Waals surface area (Å²) >= 11 is 0. The van der Waals surface area contributed by atoms with Crippen LogP contribution >= 0.6 is 0 Å². The van der Waals surface area contributed by atoms with Gasteiger partial charge in [0, 0.05) is 5.39 Å². The number of aryl methyl sites for hydroxylation is 1. The quantitative estimate of drug-likeness (QED) is 0.729. The Kier molecular flexibility index (Phi) is 3.84. The molecule has 0 bridgehead atoms. The smallest absolute Gasteiger partial charge is 0.289 e. The van der Waals surface area contributed by atoms with Gasteiger partial charge in [-0.3, -0.25) is 4.79 Å². The fourth-order valence-corrected chi connectivity index (χ4v) is 3.04. The van der Waals surface area contributed by atoms with E-state index in [0.29, 0.717) is 30.3 Å². The molecular formula is C20H19NO4. The van der Waals surface area contributed by atoms with Gasteiger partial charge >= 0.3 is 0 Å². The summed E-state index contributed by atoms with van der Waals surface area (Å²) in [6.45, 7) is 3.04. The van der Waals surface area contributed by atoms with Crippen LogP contribution in [0.2, 0.25) is 0 Å². The first kappa shape index (κ1) is 15.6. The maximum atomic E-state index is 12.6. The number of rotatable bonds is 4. The lowest BCUT2D eigenvalue weighted by Gasteiger charge is -2.38. The van der Waals surface area contributed by atoms with Crippen molar-refractivity contribution in [3.63, 3.8) is 0 Å². The lowest BCUT2D eigenvalue weighted by molar-refractivity contribution is 0.0148. The molecule has 0 spiro atoms. The van der Waals surface area contributed by atoms with Crippen LogP contribution in [0.15, 0.2) is 52.9 Å². The number of ether oxygens (including phenoxy) is 2. The van der Waals surface area contributed by atoms with E-state index in [1.54, 1.807) is 18.1 Å². The minimum Gasteiger partial charge on any atom is -0.493 e. The molecule has 3 aromatic rings. The topological polar surface area (TPSA) is 51.9 Å². The number of hydrogen-bond donors (Lipinski definition) is 0. The molecule has 0 N–H and O–H groups in total. The van der Waals surface area contributed by atoms with E-state index in [9.17, 15) is 4.79 Å². The summed E-state index contributed by atoms with van der Waals surface area (Å²) in [6, 6.07) is 15.2. The Hall–Kier alpha value is -2.95. The molecule has 1 amide bonds. The molecule has 0 aliphatic carbocycles. The monoisotopic (exact) mass is 337 g/mol. The van der Waals surface area contributed by atoms with Crippen LogP contribution in [0.3, 0.4) is 0 Å². The molecule has 1 aliphatic rings. The zero-order chi connectivity index (χ0) is 17.4. The van der Waals surface area contributed by atoms with Crippen molar-refractivity contribution in [1.82, 2.24) is 4.90 Å². The molecule has 1 aromatic heterocycles. The minimum atomic E-state index is -0.101. The third-order valence-corrected chi connectivity index (χ3v) is 4.45. The average Bonchev–Trinajstić information content (AvgIpc) is 3.03. The molecule has 1 aliphatic heterocycles. The highest BCUT2D eigenvalue weighted by Crippen LogP contribution is 2.30. The summed E-state index contributed by atoms with van der Waals surface area (Å²) in [4.78, 5) is 14.3. The Bertz CT molecular complexity index is 924. The average molecular weight is 337 g/mol. The first-order valence-corrected chi connectivity index (χ1v) is 8.24. The van der Waals surface area contributed by atoms with Gasteiger partial charge in [-0.25, -0.2) is 0 Å². The Morgan fingerprint density at radius 2 is 1.88 bits per heavy atom. The van der Waals surface area contributed by atoms with Crippen molar-refractivity contribution in [3.05, 3.63) is 59.9 Å². The zero-order valence-corrected chi connectivity index (χ0v) is 14.2. The van der Waals surface area contributed by atoms with Gasteiger partial charge in [-0.15, -0.1) is 0 Å². The SMILES string of the molecule is COc1ccccc1OC1CN(C(=O)c2cc3cccc(C)c3o2)C1. The summed E-state index contributed by atoms with van der Waals surface area (Å²) in [5, 5.41) is 0.950. The Morgan fingerprint density at radius 1 is 1.12 bits per heavy atom. The maximum absolute atomic E-state index is 12.6. The van der Waals surface area contributed by atoms with Gasteiger partial charge in [0.05, 0.1) is 20.2 Å². The van der Waals surface area contributed by atoms with Gasteiger partial charge in [0.1, 0.15) is 11.7 Å². The first-order valence-electron chi connectivity index (χ1n) is 8.24. The Morgan fingerprint density at radius 3 is 2.60 bits per heavy atom. The molecule has 1 fully saturated rings. The zero-order valence-electron chi connectivity index (χ0n) is 14.2. The second-order valence-electron chi connectivity index (χ2n) is 6.20. The van der Waals surface area contributed by atoms with Crippen molar-refractivity contribution in [1.29, 1.82) is 0 Å². The number of furan rings is 1. The van der Waals surface area contributed by atoms with Gasteiger partial charge in [0.15, 0.2) is 17.3 Å². The highest BCUT2D eigenvalue weighted by Gasteiger charge is 2.34. The summed E-state index contributed by atoms with van der Waals surface area (Å²) in [5.74, 6) is 1.66. The molecule has 0 saturated carbocycles. The normalized spacial score (nSPS) is 14.4. The Labute approximate surface area is 145 Å². The van der Waals surface area contributed by atoms with E-state index in [0.717, 1.165) is 16.5 Å². The van der Waals surface area contributed by atoms with Gasteiger partial charge < -0.3 is 18.8 Å². The van der Waals surface area contributed by atoms with E-state index in [-0.39, 0.29) is 12.0 Å². The van der Waals surface area contributed by atoms with Crippen LogP contribution in [0, 0.1) is 6.92 Å². The lowest BCUT2D eigenvalue weighted by atomic mass is 10.1. The Balaban J connectivity index is 1.43. The summed E-state index contributed by atoms with van der Waals surface area (Å²) in [7, 11) is 1.61. The van der Waals surface area contributed by atoms with Crippen LogP contribution in [0.4, 0.5) is 0 Å². The summed E-state index contributed by atoms with van der Waals surface area (Å²) in [5.41, 5.74) is 1.80. The number of para-hydroxylation sites is 3. The van der Waals surface area contributed by atoms with Crippen LogP contribution in [0.5, 0.6) is 11.5 Å². The molecule has 0 radical (unpaired) electrons. The largest absolute Gasteiger partial charge is 0.493 e. The van der Waals surface area contributed by atoms with E-state index in [1.165, 1.54) is 0 Å². The van der Waals surface area contributed by atoms with Gasteiger partial charge in [0.25, 0.3) is 5.91 Å². The number of benzene rings is 2. The van der Waals surface area contributed by atoms with E-state index >= 15 is 0 Å². The van der Waals surface area contributed by atoms with Crippen LogP contribution in [-0.4, -0.2) is 37.1 Å². The third kappa shape index (κ3) is 2.82. The second-order valence-corrected chi connectivity index (χ2v) is 6.20. The number of nitrogens with zero attached hydrogens (tertiary/aromatic N) is 1. The molecule has 4 rings (SSSR count). The molecule has 25 heavy (non-hydrogen) atoms. The van der Waals surface area contributed by atoms with E-state index < -0.39 is 0 Å². The van der Waals surface area contributed by atoms with E-state index in [1.807, 2.05) is 49.4 Å². The lowest BCUT2D eigenvalue weighted by Crippen LogP contribution is -2.56. The maximum Gasteiger partial charge on any atom is 0.289 e. The van der Waals surface area contributed by atoms with Crippen molar-refractivity contribution in [3.8, 4) is 11.5 Å². The standard InChI is InChI=1S/C20H19NO4/c1-13-6-5-7-14-10-18(25-19(13)14)20(22)21-11-15(12-21)24-17-9-4-3-8-16(17)23-2/h3-10,15H,11-12H2,1-2H3. The molecule has 2 heterocycles. The van der Waals surface area contributed by atoms with Crippen molar-refractivity contribution in [2.45, 2.75) is 13.0 Å². The molecule has 2 aromatic carbocycles. The predicted octanol–water partition coefficient (Wildman–Crippen LogP) is 3.65. The van der Waals surface area contributed by atoms with Crippen molar-refractivity contribution < 1.29 is 18.7 Å². The van der Waals surface area contributed by atoms with Gasteiger partial charge in [-0.05, 0) is 30.7 Å². The highest BCUT2D eigenvalue weighted by atomic mass is 16.5. The van der Waals surface area contributed by atoms with Crippen molar-refractivity contribution >= 4 is 16.9 Å². The fraction of sp³-hybridized carbons (Fsp3) is 0.250. The van der Waals surface area contributed by atoms with Gasteiger partial charge in [0.2, 0.25) is 0 Å². The molecule has 5 heteroatoms. The number of methoxy groups -OCH3 is 1. The van der Waals surface area contributed by atoms with Crippen LogP contribution in [0.25, 0.3) is 11.0 Å². The first-order chi connectivity index (χ1) is 12.2. The fourth-order valence-electron chi connectivity index (χ4n) is 3.04. The predicted molar refractivity (Wildman–Crippen MR) is 94.3 cm³/mol. The second kappa shape index (κ2) is 6.16. The van der Waals surface area contributed by atoms with Crippen molar-refractivity contribution in [2.75, 3.05) is 20.2 Å². The molecule has 0 unspecified atom stereocenters. The van der Waals surface area contributed by atoms with E-state index in [4.69, 9.17) is 13.9 Å². The molecule has 5 nitrogen and oxygen atoms in total. The molecular weight excluding hydrogens is 318 g/mol. The van der Waals surface area contributed by atoms with Crippen LogP contribution < -0.4 is 9.47 Å². The summed E-state index contributed by atoms with van der Waals surface area (Å²) < 4.78 is 17.0. The van der Waals surface area contributed by atoms with Gasteiger partial charge in [-0.2, -0.15) is 0 Å². The van der Waals surface area contributed by atoms with Gasteiger partial charge in [-0.1, -0.05) is 30.3 Å². The van der Waals surface area contributed by atoms with E-state index in [2.05, 4.69) is 0 Å². The number of hydrogen-bond acceptors (Lipinski definition) is 4. The number of carbonyl (C=O) groups excluding carboxylic acids is 1. The van der Waals surface area contributed by atoms with Crippen LogP contribution in [-0.2, 0) is 0 Å². The van der Waals surface area contributed by atoms with Crippen LogP contribution in [0.1, 0.15) is 16.1 Å². The number of fused-ring (bicyclic) bond motifs is 1. The molecule has 1 saturated heterocycles. The number of likely N-dealkylation sites (tertiary alicyclic amines) is 1. The third-order valence-electron chi connectivity index (χ3n) is 4.45. The number of carbonyl (C=O) groups is 1. The minimum absolute atomic E-state index is 0.0358. The number of amides is 1. The van der Waals surface area contributed by atoms with Crippen molar-refractivity contribution in [2.24, 2.45) is 0 Å². The highest BCUT2D eigenvalue weighted by molar-refractivity contribution is 5.97. The molecule has 0 atom stereocenters. The molecule has 128 valence electrons.